The van der Waals surface area contributed by atoms with Crippen LogP contribution in [-0.2, 0) is 0 Å². The lowest BCUT2D eigenvalue weighted by Gasteiger charge is -2.16. The van der Waals surface area contributed by atoms with Crippen molar-refractivity contribution in [2.24, 2.45) is 0 Å². The maximum Gasteiger partial charge on any atom is 0.0300 e. The molecule has 100 valence electrons. The summed E-state index contributed by atoms with van der Waals surface area (Å²) >= 11 is 5.37. The molecule has 1 unspecified atom stereocenters. The van der Waals surface area contributed by atoms with E-state index in [0.717, 1.165) is 4.47 Å². The first kappa shape index (κ1) is 14.6. The number of hydrogen-bond donors (Lipinski definition) is 1. The van der Waals surface area contributed by atoms with Gasteiger partial charge >= 0.3 is 0 Å². The topological polar surface area (TPSA) is 12.0 Å². The zero-order chi connectivity index (χ0) is 13.8. The fourth-order valence-corrected chi connectivity index (χ4v) is 3.23. The largest absolute Gasteiger partial charge is 0.313 e. The van der Waals surface area contributed by atoms with Crippen molar-refractivity contribution in [3.05, 3.63) is 58.1 Å². The van der Waals surface area contributed by atoms with E-state index in [1.165, 1.54) is 20.9 Å². The van der Waals surface area contributed by atoms with Gasteiger partial charge in [-0.05, 0) is 56.8 Å². The van der Waals surface area contributed by atoms with Crippen molar-refractivity contribution in [3.8, 4) is 0 Å². The summed E-state index contributed by atoms with van der Waals surface area (Å²) in [5.74, 6) is 0. The molecular formula is C16H18BrNS. The highest BCUT2D eigenvalue weighted by Crippen LogP contribution is 2.34. The SMILES string of the molecule is CNC(C)c1cc(Br)ccc1Sc1ccc(C)cc1. The molecule has 0 saturated heterocycles. The van der Waals surface area contributed by atoms with Gasteiger partial charge in [0.1, 0.15) is 0 Å². The Morgan fingerprint density at radius 1 is 1.11 bits per heavy atom. The smallest absolute Gasteiger partial charge is 0.0300 e. The predicted octanol–water partition coefficient (Wildman–Crippen LogP) is 5.19. The highest BCUT2D eigenvalue weighted by Gasteiger charge is 2.10. The van der Waals surface area contributed by atoms with Gasteiger partial charge in [0.15, 0.2) is 0 Å². The Labute approximate surface area is 127 Å². The second kappa shape index (κ2) is 6.60. The minimum atomic E-state index is 0.338. The van der Waals surface area contributed by atoms with Crippen molar-refractivity contribution in [2.45, 2.75) is 29.7 Å². The van der Waals surface area contributed by atoms with Gasteiger partial charge in [-0.1, -0.05) is 45.4 Å². The van der Waals surface area contributed by atoms with Crippen molar-refractivity contribution >= 4 is 27.7 Å². The second-order valence-corrected chi connectivity index (χ2v) is 6.64. The van der Waals surface area contributed by atoms with Gasteiger partial charge < -0.3 is 5.32 Å². The van der Waals surface area contributed by atoms with E-state index in [1.807, 2.05) is 18.8 Å². The van der Waals surface area contributed by atoms with Crippen LogP contribution in [0.1, 0.15) is 24.1 Å². The predicted molar refractivity (Wildman–Crippen MR) is 86.9 cm³/mol. The highest BCUT2D eigenvalue weighted by molar-refractivity contribution is 9.10. The van der Waals surface area contributed by atoms with E-state index in [9.17, 15) is 0 Å². The average Bonchev–Trinajstić information content (AvgIpc) is 2.42. The van der Waals surface area contributed by atoms with Crippen LogP contribution in [0, 0.1) is 6.92 Å². The third kappa shape index (κ3) is 3.85. The lowest BCUT2D eigenvalue weighted by atomic mass is 10.1. The van der Waals surface area contributed by atoms with Gasteiger partial charge in [-0.15, -0.1) is 0 Å². The number of rotatable bonds is 4. The quantitative estimate of drug-likeness (QED) is 0.825. The lowest BCUT2D eigenvalue weighted by molar-refractivity contribution is 0.641. The molecule has 1 atom stereocenters. The Morgan fingerprint density at radius 3 is 2.42 bits per heavy atom. The summed E-state index contributed by atoms with van der Waals surface area (Å²) < 4.78 is 1.12. The molecule has 0 amide bonds. The van der Waals surface area contributed by atoms with E-state index in [0.29, 0.717) is 6.04 Å². The molecule has 0 radical (unpaired) electrons. The van der Waals surface area contributed by atoms with Gasteiger partial charge in [-0.2, -0.15) is 0 Å². The summed E-state index contributed by atoms with van der Waals surface area (Å²) in [6.07, 6.45) is 0. The molecule has 2 aromatic carbocycles. The van der Waals surface area contributed by atoms with E-state index in [2.05, 4.69) is 77.6 Å². The van der Waals surface area contributed by atoms with Crippen molar-refractivity contribution in [3.63, 3.8) is 0 Å². The Morgan fingerprint density at radius 2 is 1.79 bits per heavy atom. The van der Waals surface area contributed by atoms with Crippen LogP contribution in [0.15, 0.2) is 56.7 Å². The van der Waals surface area contributed by atoms with Crippen LogP contribution in [0.3, 0.4) is 0 Å². The van der Waals surface area contributed by atoms with Crippen LogP contribution in [0.2, 0.25) is 0 Å². The zero-order valence-electron chi connectivity index (χ0n) is 11.4. The molecule has 0 fully saturated rings. The summed E-state index contributed by atoms with van der Waals surface area (Å²) in [5, 5.41) is 3.31. The maximum absolute atomic E-state index is 3.55. The Kier molecular flexibility index (Phi) is 5.08. The van der Waals surface area contributed by atoms with Crippen LogP contribution < -0.4 is 5.32 Å². The number of hydrogen-bond acceptors (Lipinski definition) is 2. The molecule has 2 aromatic rings. The minimum Gasteiger partial charge on any atom is -0.313 e. The molecule has 19 heavy (non-hydrogen) atoms. The molecular weight excluding hydrogens is 318 g/mol. The van der Waals surface area contributed by atoms with Crippen LogP contribution >= 0.6 is 27.7 Å². The lowest BCUT2D eigenvalue weighted by Crippen LogP contribution is -2.13. The first-order chi connectivity index (χ1) is 9.10. The minimum absolute atomic E-state index is 0.338. The van der Waals surface area contributed by atoms with Crippen molar-refractivity contribution in [1.29, 1.82) is 0 Å². The first-order valence-corrected chi connectivity index (χ1v) is 7.92. The fraction of sp³-hybridized carbons (Fsp3) is 0.250. The molecule has 0 saturated carbocycles. The maximum atomic E-state index is 3.55. The molecule has 1 N–H and O–H groups in total. The molecule has 0 heterocycles. The summed E-state index contributed by atoms with van der Waals surface area (Å²) in [6, 6.07) is 15.5. The van der Waals surface area contributed by atoms with Gasteiger partial charge in [-0.3, -0.25) is 0 Å². The summed E-state index contributed by atoms with van der Waals surface area (Å²) in [5.41, 5.74) is 2.62. The fourth-order valence-electron chi connectivity index (χ4n) is 1.84. The van der Waals surface area contributed by atoms with Gasteiger partial charge in [-0.25, -0.2) is 0 Å². The Bertz CT molecular complexity index is 551. The molecule has 0 spiro atoms. The van der Waals surface area contributed by atoms with Crippen molar-refractivity contribution in [2.75, 3.05) is 7.05 Å². The Balaban J connectivity index is 2.31. The number of benzene rings is 2. The molecule has 0 aliphatic carbocycles. The van der Waals surface area contributed by atoms with E-state index < -0.39 is 0 Å². The summed E-state index contributed by atoms with van der Waals surface area (Å²) in [7, 11) is 1.99. The molecule has 1 nitrogen and oxygen atoms in total. The van der Waals surface area contributed by atoms with Crippen molar-refractivity contribution < 1.29 is 0 Å². The van der Waals surface area contributed by atoms with E-state index >= 15 is 0 Å². The van der Waals surface area contributed by atoms with Gasteiger partial charge in [0, 0.05) is 20.3 Å². The third-order valence-corrected chi connectivity index (χ3v) is 4.71. The standard InChI is InChI=1S/C16H18BrNS/c1-11-4-7-14(8-5-11)19-16-9-6-13(17)10-15(16)12(2)18-3/h4-10,12,18H,1-3H3. The molecule has 0 bridgehead atoms. The van der Waals surface area contributed by atoms with Gasteiger partial charge in [0.2, 0.25) is 0 Å². The van der Waals surface area contributed by atoms with E-state index in [-0.39, 0.29) is 0 Å². The normalized spacial score (nSPS) is 12.4. The Hall–Kier alpha value is -0.770. The number of nitrogens with one attached hydrogen (secondary N) is 1. The third-order valence-electron chi connectivity index (χ3n) is 3.12. The number of halogens is 1. The van der Waals surface area contributed by atoms with Gasteiger partial charge in [0.05, 0.1) is 0 Å². The van der Waals surface area contributed by atoms with E-state index in [1.54, 1.807) is 0 Å². The van der Waals surface area contributed by atoms with Gasteiger partial charge in [0.25, 0.3) is 0 Å². The van der Waals surface area contributed by atoms with Crippen LogP contribution in [0.4, 0.5) is 0 Å². The monoisotopic (exact) mass is 335 g/mol. The van der Waals surface area contributed by atoms with Crippen LogP contribution in [-0.4, -0.2) is 7.05 Å². The molecule has 0 aromatic heterocycles. The zero-order valence-corrected chi connectivity index (χ0v) is 13.8. The first-order valence-electron chi connectivity index (χ1n) is 6.31. The van der Waals surface area contributed by atoms with Crippen LogP contribution in [0.5, 0.6) is 0 Å². The number of aryl methyl sites for hydroxylation is 1. The van der Waals surface area contributed by atoms with Crippen LogP contribution in [0.25, 0.3) is 0 Å². The highest BCUT2D eigenvalue weighted by atomic mass is 79.9. The summed E-state index contributed by atoms with van der Waals surface area (Å²) in [6.45, 7) is 4.30. The molecule has 3 heteroatoms. The second-order valence-electron chi connectivity index (χ2n) is 4.61. The van der Waals surface area contributed by atoms with Crippen molar-refractivity contribution in [1.82, 2.24) is 5.32 Å². The molecule has 0 aliphatic heterocycles. The summed E-state index contributed by atoms with van der Waals surface area (Å²) in [4.78, 5) is 2.58. The molecule has 2 rings (SSSR count). The molecule has 0 aliphatic rings. The van der Waals surface area contributed by atoms with E-state index in [4.69, 9.17) is 0 Å². The average molecular weight is 336 g/mol.